The molecule has 0 N–H and O–H groups in total. The minimum Gasteiger partial charge on any atom is -0.468 e. The van der Waals surface area contributed by atoms with Crippen molar-refractivity contribution in [2.75, 3.05) is 80.8 Å². The topological polar surface area (TPSA) is 223 Å². The molecule has 648 valence electrons. The Balaban J connectivity index is 0.000000136. The van der Waals surface area contributed by atoms with Crippen molar-refractivity contribution in [2.45, 2.75) is 13.5 Å². The van der Waals surface area contributed by atoms with Gasteiger partial charge in [0, 0.05) is 47.6 Å². The maximum Gasteiger partial charge on any atom is 0.338 e. The molecule has 3 aliphatic heterocycles. The van der Waals surface area contributed by atoms with E-state index in [1.54, 1.807) is 28.4 Å². The van der Waals surface area contributed by atoms with E-state index in [1.165, 1.54) is 17.7 Å². The van der Waals surface area contributed by atoms with E-state index in [4.69, 9.17) is 109 Å². The van der Waals surface area contributed by atoms with Crippen molar-refractivity contribution in [3.8, 4) is 129 Å². The number of methoxy groups -OCH3 is 2. The highest BCUT2D eigenvalue weighted by Gasteiger charge is 2.43. The molecule has 0 spiro atoms. The molecule has 0 radical (unpaired) electrons. The number of fused-ring (bicyclic) bond motifs is 15. The van der Waals surface area contributed by atoms with Crippen molar-refractivity contribution < 1.29 is 71.9 Å². The van der Waals surface area contributed by atoms with Crippen molar-refractivity contribution in [3.63, 3.8) is 0 Å². The molecule has 0 saturated heterocycles. The van der Waals surface area contributed by atoms with E-state index >= 15 is 4.79 Å². The zero-order chi connectivity index (χ0) is 89.3. The fourth-order valence-corrected chi connectivity index (χ4v) is 17.8. The van der Waals surface area contributed by atoms with Crippen LogP contribution in [-0.4, -0.2) is 133 Å². The van der Waals surface area contributed by atoms with Gasteiger partial charge in [0.05, 0.1) is 107 Å². The maximum atomic E-state index is 15.1. The lowest BCUT2D eigenvalue weighted by Crippen LogP contribution is -2.12. The zero-order valence-corrected chi connectivity index (χ0v) is 73.4. The van der Waals surface area contributed by atoms with Crippen LogP contribution in [0, 0.1) is 0 Å². The van der Waals surface area contributed by atoms with Crippen molar-refractivity contribution >= 4 is 103 Å². The fraction of sp³-hybridized carbons (Fsp3) is 0.133. The van der Waals surface area contributed by atoms with E-state index in [-0.39, 0.29) is 95.7 Å². The predicted molar refractivity (Wildman–Crippen MR) is 504 cm³/mol. The van der Waals surface area contributed by atoms with Crippen LogP contribution >= 0.6 is 46.4 Å². The second-order valence-corrected chi connectivity index (χ2v) is 31.6. The molecule has 0 unspecified atom stereocenters. The first-order valence-corrected chi connectivity index (χ1v) is 43.3. The first-order chi connectivity index (χ1) is 63.8. The van der Waals surface area contributed by atoms with E-state index in [2.05, 4.69) is 132 Å². The van der Waals surface area contributed by atoms with Gasteiger partial charge in [-0.05, 0) is 134 Å². The molecule has 14 aromatic carbocycles. The smallest absolute Gasteiger partial charge is 0.338 e. The average molecular weight is 1810 g/mol. The molecule has 17 aromatic rings. The molecule has 0 bridgehead atoms. The van der Waals surface area contributed by atoms with E-state index < -0.39 is 11.9 Å². The first kappa shape index (κ1) is 87.3. The number of esters is 1. The molecule has 0 fully saturated rings. The highest BCUT2D eigenvalue weighted by molar-refractivity contribution is 6.54. The lowest BCUT2D eigenvalue weighted by Gasteiger charge is -2.24. The Morgan fingerprint density at radius 2 is 0.669 bits per heavy atom. The number of para-hydroxylation sites is 2. The van der Waals surface area contributed by atoms with Gasteiger partial charge in [0.2, 0.25) is 0 Å². The first-order valence-electron chi connectivity index (χ1n) is 41.8. The summed E-state index contributed by atoms with van der Waals surface area (Å²) in [6, 6.07) is 98.5. The Hall–Kier alpha value is -13.4. The molecule has 130 heavy (non-hydrogen) atoms. The number of hydrogen-bond donors (Lipinski definition) is 0. The maximum absolute atomic E-state index is 15.1. The third-order valence-corrected chi connectivity index (χ3v) is 24.0. The van der Waals surface area contributed by atoms with Crippen LogP contribution in [0.1, 0.15) is 53.9 Å². The van der Waals surface area contributed by atoms with Gasteiger partial charge in [0.15, 0.2) is 12.6 Å². The van der Waals surface area contributed by atoms with Gasteiger partial charge in [0.25, 0.3) is 17.7 Å². The number of carbonyl (C=O) groups is 4. The number of halogens is 4. The fourth-order valence-electron chi connectivity index (χ4n) is 16.8. The Kier molecular flexibility index (Phi) is 26.6. The molecular weight excluding hydrogens is 1730 g/mol. The van der Waals surface area contributed by atoms with Crippen LogP contribution in [0.25, 0.3) is 156 Å². The Morgan fingerprint density at radius 1 is 0.308 bits per heavy atom. The van der Waals surface area contributed by atoms with Crippen LogP contribution < -0.4 is 4.74 Å². The average Bonchev–Trinajstić information content (AvgIpc) is 1.53. The van der Waals surface area contributed by atoms with Gasteiger partial charge >= 0.3 is 5.97 Å². The minimum atomic E-state index is -0.571. The van der Waals surface area contributed by atoms with Gasteiger partial charge in [-0.2, -0.15) is 0 Å². The standard InChI is InChI=1S/2C43H34N2O5.C19H12Cl4N2O5/c1-47-28-48-24-25-49-50-27-29-22-23-34-35(26-29)45-42(44-34)40-38(32-18-10-4-11-19-32)36(30-14-6-2-7-15-30)37(31-16-8-3-9-17-31)39(41(40)43(45)46)33-20-12-5-13-21-33;1-2-49-50-26-25-47-28-48-33-22-14-21-32(27-33)39-36(29-15-6-3-7-16-29)37(30-17-8-4-9-18-30)40-41(38(39)31-19-10-5-11-20-31)43(46)45-35-24-13-12-23-34(35)44-42(40)45;1-28-7-29-4-5-30-19(27)8-2-3-9-10(6-8)25-17(24-9)11-12(18(25)26)14(21)16(23)15(22)13(11)20/h2-23,26H,24-25,27-28H2,1H3;3-24,27H,2,25-26,28H2,1H3;2-3,6H,4-5,7H2,1H3. The lowest BCUT2D eigenvalue weighted by atomic mass is 9.77. The van der Waals surface area contributed by atoms with E-state index in [0.29, 0.717) is 77.1 Å². The van der Waals surface area contributed by atoms with E-state index in [1.807, 2.05) is 159 Å². The lowest BCUT2D eigenvalue weighted by molar-refractivity contribution is -0.309. The summed E-state index contributed by atoms with van der Waals surface area (Å²) < 4.78 is 41.7. The van der Waals surface area contributed by atoms with Crippen molar-refractivity contribution in [1.29, 1.82) is 0 Å². The quantitative estimate of drug-likeness (QED) is 0.00776. The summed E-state index contributed by atoms with van der Waals surface area (Å²) in [5, 5.41) is 0.108. The molecule has 20 rings (SSSR count). The monoisotopic (exact) mass is 1800 g/mol. The van der Waals surface area contributed by atoms with Gasteiger partial charge in [-0.3, -0.25) is 28.1 Å². The number of imidazole rings is 3. The van der Waals surface area contributed by atoms with E-state index in [0.717, 1.165) is 122 Å². The van der Waals surface area contributed by atoms with Crippen molar-refractivity contribution in [2.24, 2.45) is 0 Å². The third kappa shape index (κ3) is 17.0. The molecule has 0 saturated carbocycles. The zero-order valence-electron chi connectivity index (χ0n) is 70.4. The molecule has 0 amide bonds. The molecule has 3 aliphatic rings. The van der Waals surface area contributed by atoms with Crippen LogP contribution in [0.15, 0.2) is 297 Å². The third-order valence-electron chi connectivity index (χ3n) is 22.2. The summed E-state index contributed by atoms with van der Waals surface area (Å²) in [5.41, 5.74) is 23.9. The minimum absolute atomic E-state index is 0.00339. The Labute approximate surface area is 767 Å². The van der Waals surface area contributed by atoms with E-state index in [9.17, 15) is 14.4 Å². The Morgan fingerprint density at radius 3 is 1.14 bits per heavy atom. The number of carbonyl (C=O) groups excluding carboxylic acids is 4. The number of aromatic nitrogens is 6. The summed E-state index contributed by atoms with van der Waals surface area (Å²) in [5.74, 6) is 0.925. The number of nitrogens with zero attached hydrogens (tertiary/aromatic N) is 6. The number of hydrogen-bond acceptors (Lipinski definition) is 18. The molecular formula is C105H80Cl4N6O15. The summed E-state index contributed by atoms with van der Waals surface area (Å²) in [4.78, 5) is 91.0. The normalized spacial score (nSPS) is 12.0. The van der Waals surface area contributed by atoms with Gasteiger partial charge < -0.3 is 33.2 Å². The van der Waals surface area contributed by atoms with Crippen LogP contribution in [0.4, 0.5) is 0 Å². The summed E-state index contributed by atoms with van der Waals surface area (Å²) in [7, 11) is 3.06. The highest BCUT2D eigenvalue weighted by atomic mass is 35.5. The summed E-state index contributed by atoms with van der Waals surface area (Å²) in [6.07, 6.45) is 0. The predicted octanol–water partition coefficient (Wildman–Crippen LogP) is 24.2. The highest BCUT2D eigenvalue weighted by Crippen LogP contribution is 2.59. The molecule has 3 aromatic heterocycles. The van der Waals surface area contributed by atoms with Gasteiger partial charge in [-0.25, -0.2) is 39.3 Å². The molecule has 21 nitrogen and oxygen atoms in total. The Bertz CT molecular complexity index is 7110. The molecule has 0 atom stereocenters. The van der Waals surface area contributed by atoms with Crippen LogP contribution in [0.3, 0.4) is 0 Å². The van der Waals surface area contributed by atoms with Crippen molar-refractivity contribution in [3.05, 3.63) is 345 Å². The number of rotatable bonds is 30. The van der Waals surface area contributed by atoms with Crippen LogP contribution in [0.2, 0.25) is 20.1 Å². The second kappa shape index (κ2) is 39.7. The number of ether oxygens (including phenoxy) is 7. The summed E-state index contributed by atoms with van der Waals surface area (Å²) in [6.45, 7) is 4.35. The molecule has 25 heteroatoms. The van der Waals surface area contributed by atoms with Crippen LogP contribution in [0.5, 0.6) is 5.75 Å². The SMILES string of the molecule is CCOOCCOCOc1cccc(-c2c(-c3ccccc3)c3c(c(-c4ccccc4)c2-c2ccccc2)-c2nc4ccccc4n2C3=O)c1.COCOCCOC(=O)c1ccc2nc3n(c2c1)C(=O)c1c(Cl)c(Cl)c(Cl)c(Cl)c1-3.COCOCCOOCc1ccc2nc3n(c2c1)C(=O)c1c(-c2ccccc2)c(-c2ccccc2)c(-c2ccccc2)c(-c2ccccc2)c1-3. The van der Waals surface area contributed by atoms with Gasteiger partial charge in [-0.1, -0.05) is 289 Å². The second-order valence-electron chi connectivity index (χ2n) is 30.1. The number of benzene rings is 14. The summed E-state index contributed by atoms with van der Waals surface area (Å²) >= 11 is 24.8. The molecule has 0 aliphatic carbocycles. The molecule has 6 heterocycles. The van der Waals surface area contributed by atoms with Gasteiger partial charge in [-0.15, -0.1) is 0 Å². The van der Waals surface area contributed by atoms with Gasteiger partial charge in [0.1, 0.15) is 57.4 Å². The largest absolute Gasteiger partial charge is 0.468 e. The van der Waals surface area contributed by atoms with Crippen LogP contribution in [-0.2, 0) is 54.6 Å². The van der Waals surface area contributed by atoms with Crippen molar-refractivity contribution in [1.82, 2.24) is 28.7 Å².